The van der Waals surface area contributed by atoms with Gasteiger partial charge in [-0.25, -0.2) is 9.97 Å². The third-order valence-electron chi connectivity index (χ3n) is 3.37. The van der Waals surface area contributed by atoms with Crippen molar-refractivity contribution in [3.05, 3.63) is 66.0 Å². The number of pyridine rings is 1. The number of alkyl halides is 6. The molecule has 1 N–H and O–H groups in total. The van der Waals surface area contributed by atoms with Crippen LogP contribution in [0.5, 0.6) is 0 Å². The van der Waals surface area contributed by atoms with Crippen molar-refractivity contribution in [3.8, 4) is 11.5 Å². The minimum Gasteiger partial charge on any atom is -0.340 e. The lowest BCUT2D eigenvalue weighted by atomic mass is 10.2. The number of nitrogens with one attached hydrogen (secondary N) is 1. The minimum atomic E-state index is -4.77. The number of benzene rings is 1. The fourth-order valence-electron chi connectivity index (χ4n) is 2.19. The van der Waals surface area contributed by atoms with E-state index in [1.54, 1.807) is 12.1 Å². The second-order valence-corrected chi connectivity index (χ2v) is 5.38. The van der Waals surface area contributed by atoms with Crippen LogP contribution >= 0.6 is 0 Å². The molecule has 0 unspecified atom stereocenters. The monoisotopic (exact) mass is 384 g/mol. The molecule has 0 aliphatic carbocycles. The standard InChI is InChI=1S/C17H10F6N4/c18-16(19,20)10-4-3-5-11(8-10)25-14-9-13(17(21,22)23)26-15(27-14)12-6-1-2-7-24-12/h1-9H,(H,25,26,27). The molecule has 0 saturated carbocycles. The molecular formula is C17H10F6N4. The molecule has 3 aromatic rings. The molecule has 0 radical (unpaired) electrons. The molecule has 27 heavy (non-hydrogen) atoms. The molecule has 140 valence electrons. The molecule has 10 heteroatoms. The van der Waals surface area contributed by atoms with Crippen LogP contribution in [0, 0.1) is 0 Å². The molecule has 0 fully saturated rings. The molecule has 0 amide bonds. The summed E-state index contributed by atoms with van der Waals surface area (Å²) in [4.78, 5) is 11.3. The molecular weight excluding hydrogens is 374 g/mol. The highest BCUT2D eigenvalue weighted by molar-refractivity contribution is 5.61. The molecule has 0 spiro atoms. The summed E-state index contributed by atoms with van der Waals surface area (Å²) in [6.07, 6.45) is -7.99. The van der Waals surface area contributed by atoms with Gasteiger partial charge >= 0.3 is 12.4 Å². The van der Waals surface area contributed by atoms with Crippen molar-refractivity contribution >= 4 is 11.5 Å². The first-order chi connectivity index (χ1) is 12.6. The molecule has 0 aliphatic rings. The summed E-state index contributed by atoms with van der Waals surface area (Å²) in [6.45, 7) is 0. The van der Waals surface area contributed by atoms with Gasteiger partial charge in [0.15, 0.2) is 11.5 Å². The minimum absolute atomic E-state index is 0.0661. The van der Waals surface area contributed by atoms with Crippen LogP contribution in [-0.2, 0) is 12.4 Å². The Bertz CT molecular complexity index is 938. The fraction of sp³-hybridized carbons (Fsp3) is 0.118. The third kappa shape index (κ3) is 4.52. The van der Waals surface area contributed by atoms with Crippen molar-refractivity contribution < 1.29 is 26.3 Å². The van der Waals surface area contributed by atoms with Gasteiger partial charge in [-0.15, -0.1) is 0 Å². The van der Waals surface area contributed by atoms with Gasteiger partial charge in [-0.2, -0.15) is 26.3 Å². The van der Waals surface area contributed by atoms with Crippen molar-refractivity contribution in [2.24, 2.45) is 0 Å². The molecule has 0 aliphatic heterocycles. The normalized spacial score (nSPS) is 12.1. The number of nitrogens with zero attached hydrogens (tertiary/aromatic N) is 3. The Balaban J connectivity index is 2.03. The highest BCUT2D eigenvalue weighted by atomic mass is 19.4. The summed E-state index contributed by atoms with van der Waals surface area (Å²) in [5, 5.41) is 2.46. The zero-order valence-electron chi connectivity index (χ0n) is 13.3. The Hall–Kier alpha value is -3.17. The van der Waals surface area contributed by atoms with E-state index in [4.69, 9.17) is 0 Å². The first kappa shape index (κ1) is 18.6. The smallest absolute Gasteiger partial charge is 0.340 e. The Morgan fingerprint density at radius 2 is 1.56 bits per heavy atom. The van der Waals surface area contributed by atoms with Gasteiger partial charge in [0, 0.05) is 18.0 Å². The van der Waals surface area contributed by atoms with Gasteiger partial charge in [-0.1, -0.05) is 12.1 Å². The average molecular weight is 384 g/mol. The van der Waals surface area contributed by atoms with Gasteiger partial charge < -0.3 is 5.32 Å². The van der Waals surface area contributed by atoms with Crippen LogP contribution in [0.3, 0.4) is 0 Å². The summed E-state index contributed by atoms with van der Waals surface area (Å²) >= 11 is 0. The van der Waals surface area contributed by atoms with Crippen LogP contribution < -0.4 is 5.32 Å². The lowest BCUT2D eigenvalue weighted by Crippen LogP contribution is -2.11. The Morgan fingerprint density at radius 1 is 0.778 bits per heavy atom. The predicted molar refractivity (Wildman–Crippen MR) is 85.0 cm³/mol. The van der Waals surface area contributed by atoms with Crippen LogP contribution in [0.25, 0.3) is 11.5 Å². The molecule has 3 rings (SSSR count). The number of hydrogen-bond donors (Lipinski definition) is 1. The maximum Gasteiger partial charge on any atom is 0.433 e. The second kappa shape index (κ2) is 6.86. The number of hydrogen-bond acceptors (Lipinski definition) is 4. The van der Waals surface area contributed by atoms with E-state index >= 15 is 0 Å². The molecule has 4 nitrogen and oxygen atoms in total. The van der Waals surface area contributed by atoms with Crippen molar-refractivity contribution in [3.63, 3.8) is 0 Å². The maximum absolute atomic E-state index is 13.1. The highest BCUT2D eigenvalue weighted by Gasteiger charge is 2.34. The Kier molecular flexibility index (Phi) is 4.73. The van der Waals surface area contributed by atoms with Gasteiger partial charge in [0.2, 0.25) is 0 Å². The summed E-state index contributed by atoms with van der Waals surface area (Å²) in [5.41, 5.74) is -2.16. The van der Waals surface area contributed by atoms with Crippen LogP contribution in [0.1, 0.15) is 11.3 Å². The first-order valence-corrected chi connectivity index (χ1v) is 7.45. The van der Waals surface area contributed by atoms with E-state index in [0.717, 1.165) is 18.2 Å². The van der Waals surface area contributed by atoms with E-state index in [1.165, 1.54) is 18.3 Å². The molecule has 2 aromatic heterocycles. The Morgan fingerprint density at radius 3 is 2.19 bits per heavy atom. The zero-order chi connectivity index (χ0) is 19.7. The van der Waals surface area contributed by atoms with Crippen LogP contribution in [-0.4, -0.2) is 15.0 Å². The lowest BCUT2D eigenvalue weighted by molar-refractivity contribution is -0.141. The Labute approximate surface area is 148 Å². The van der Waals surface area contributed by atoms with E-state index in [0.29, 0.717) is 6.07 Å². The summed E-state index contributed by atoms with van der Waals surface area (Å²) in [5.74, 6) is -0.614. The van der Waals surface area contributed by atoms with Crippen molar-refractivity contribution in [2.45, 2.75) is 12.4 Å². The number of anilines is 2. The third-order valence-corrected chi connectivity index (χ3v) is 3.37. The molecule has 1 aromatic carbocycles. The number of aromatic nitrogens is 3. The van der Waals surface area contributed by atoms with Gasteiger partial charge in [0.25, 0.3) is 0 Å². The fourth-order valence-corrected chi connectivity index (χ4v) is 2.19. The van der Waals surface area contributed by atoms with E-state index in [1.807, 2.05) is 0 Å². The van der Waals surface area contributed by atoms with E-state index in [2.05, 4.69) is 20.3 Å². The summed E-state index contributed by atoms with van der Waals surface area (Å²) in [6, 6.07) is 9.20. The molecule has 2 heterocycles. The molecule has 0 bridgehead atoms. The van der Waals surface area contributed by atoms with Gasteiger partial charge in [0.1, 0.15) is 11.5 Å². The van der Waals surface area contributed by atoms with E-state index in [-0.39, 0.29) is 23.0 Å². The zero-order valence-corrected chi connectivity index (χ0v) is 13.3. The van der Waals surface area contributed by atoms with Gasteiger partial charge in [-0.3, -0.25) is 4.98 Å². The van der Waals surface area contributed by atoms with E-state index < -0.39 is 23.6 Å². The van der Waals surface area contributed by atoms with Gasteiger partial charge in [-0.05, 0) is 30.3 Å². The van der Waals surface area contributed by atoms with Crippen LogP contribution in [0.4, 0.5) is 37.8 Å². The number of rotatable bonds is 3. The lowest BCUT2D eigenvalue weighted by Gasteiger charge is -2.13. The summed E-state index contributed by atoms with van der Waals surface area (Å²) in [7, 11) is 0. The maximum atomic E-state index is 13.1. The second-order valence-electron chi connectivity index (χ2n) is 5.38. The highest BCUT2D eigenvalue weighted by Crippen LogP contribution is 2.33. The molecule has 0 saturated heterocycles. The SMILES string of the molecule is FC(F)(F)c1cccc(Nc2cc(C(F)(F)F)nc(-c3ccccn3)n2)c1. The van der Waals surface area contributed by atoms with Crippen molar-refractivity contribution in [1.29, 1.82) is 0 Å². The van der Waals surface area contributed by atoms with Crippen molar-refractivity contribution in [2.75, 3.05) is 5.32 Å². The molecule has 0 atom stereocenters. The van der Waals surface area contributed by atoms with Crippen LogP contribution in [0.15, 0.2) is 54.7 Å². The first-order valence-electron chi connectivity index (χ1n) is 7.45. The van der Waals surface area contributed by atoms with Gasteiger partial charge in [0.05, 0.1) is 5.56 Å². The van der Waals surface area contributed by atoms with E-state index in [9.17, 15) is 26.3 Å². The average Bonchev–Trinajstić information content (AvgIpc) is 2.61. The number of halogens is 6. The quantitative estimate of drug-likeness (QED) is 0.621. The largest absolute Gasteiger partial charge is 0.433 e. The van der Waals surface area contributed by atoms with Crippen molar-refractivity contribution in [1.82, 2.24) is 15.0 Å². The predicted octanol–water partition coefficient (Wildman–Crippen LogP) is 5.32. The van der Waals surface area contributed by atoms with Crippen LogP contribution in [0.2, 0.25) is 0 Å². The topological polar surface area (TPSA) is 50.7 Å². The summed E-state index contributed by atoms with van der Waals surface area (Å²) < 4.78 is 77.8.